The lowest BCUT2D eigenvalue weighted by atomic mass is 10.2. The lowest BCUT2D eigenvalue weighted by Crippen LogP contribution is -2.13. The smallest absolute Gasteiger partial charge is 0.274 e. The van der Waals surface area contributed by atoms with Gasteiger partial charge in [0, 0.05) is 6.20 Å². The first kappa shape index (κ1) is 12.2. The van der Waals surface area contributed by atoms with E-state index in [-0.39, 0.29) is 22.3 Å². The third kappa shape index (κ3) is 2.70. The number of nitrogens with one attached hydrogen (secondary N) is 1. The quantitative estimate of drug-likeness (QED) is 0.861. The molecule has 0 atom stereocenters. The Balaban J connectivity index is 2.20. The zero-order valence-corrected chi connectivity index (χ0v) is 9.89. The van der Waals surface area contributed by atoms with Crippen LogP contribution in [0.4, 0.5) is 11.4 Å². The van der Waals surface area contributed by atoms with Crippen molar-refractivity contribution in [3.8, 4) is 0 Å². The molecule has 1 heterocycles. The molecule has 1 aromatic carbocycles. The van der Waals surface area contributed by atoms with Gasteiger partial charge in [0.15, 0.2) is 0 Å². The summed E-state index contributed by atoms with van der Waals surface area (Å²) in [6.07, 6.45) is 1.52. The van der Waals surface area contributed by atoms with Crippen molar-refractivity contribution in [2.45, 2.75) is 0 Å². The van der Waals surface area contributed by atoms with Crippen molar-refractivity contribution in [1.82, 2.24) is 4.98 Å². The number of hydrogen-bond donors (Lipinski definition) is 1. The van der Waals surface area contributed by atoms with Gasteiger partial charge in [-0.3, -0.25) is 9.78 Å². The van der Waals surface area contributed by atoms with Gasteiger partial charge in [0.1, 0.15) is 11.4 Å². The molecule has 0 unspecified atom stereocenters. The molecule has 0 fully saturated rings. The number of pyridine rings is 1. The van der Waals surface area contributed by atoms with Crippen LogP contribution in [0.5, 0.6) is 0 Å². The maximum atomic E-state index is 11.8. The summed E-state index contributed by atoms with van der Waals surface area (Å²) in [4.78, 5) is 26.0. The topological polar surface area (TPSA) is 71.4 Å². The lowest BCUT2D eigenvalue weighted by molar-refractivity contribution is 0.102. The molecule has 6 heteroatoms. The number of anilines is 1. The minimum atomic E-state index is -0.371. The Hall–Kier alpha value is -2.27. The zero-order valence-electron chi connectivity index (χ0n) is 9.13. The summed E-state index contributed by atoms with van der Waals surface area (Å²) in [7, 11) is 0. The van der Waals surface area contributed by atoms with Gasteiger partial charge in [0.05, 0.1) is 10.7 Å². The Kier molecular flexibility index (Phi) is 3.64. The Labute approximate surface area is 108 Å². The number of benzene rings is 1. The molecule has 2 aromatic rings. The predicted octanol–water partition coefficient (Wildman–Crippen LogP) is 3.39. The molecule has 0 radical (unpaired) electrons. The van der Waals surface area contributed by atoms with E-state index in [1.54, 1.807) is 18.2 Å². The third-order valence-electron chi connectivity index (χ3n) is 2.20. The fourth-order valence-corrected chi connectivity index (χ4v) is 1.57. The van der Waals surface area contributed by atoms with E-state index < -0.39 is 0 Å². The molecule has 0 aliphatic rings. The van der Waals surface area contributed by atoms with E-state index >= 15 is 0 Å². The maximum Gasteiger partial charge on any atom is 0.274 e. The fraction of sp³-hybridized carbons (Fsp3) is 0. The molecular weight excluding hydrogens is 254 g/mol. The predicted molar refractivity (Wildman–Crippen MR) is 69.1 cm³/mol. The molecule has 1 aromatic heterocycles. The van der Waals surface area contributed by atoms with Crippen LogP contribution in [0.3, 0.4) is 0 Å². The fourth-order valence-electron chi connectivity index (χ4n) is 1.35. The van der Waals surface area contributed by atoms with Crippen molar-refractivity contribution in [1.29, 1.82) is 0 Å². The number of nitrogens with zero attached hydrogens (tertiary/aromatic N) is 2. The average molecular weight is 262 g/mol. The summed E-state index contributed by atoms with van der Waals surface area (Å²) < 4.78 is 0. The van der Waals surface area contributed by atoms with E-state index in [0.717, 1.165) is 0 Å². The van der Waals surface area contributed by atoms with Crippen LogP contribution in [0.1, 0.15) is 10.5 Å². The molecule has 0 bridgehead atoms. The van der Waals surface area contributed by atoms with Gasteiger partial charge < -0.3 is 5.32 Å². The Morgan fingerprint density at radius 2 is 2.11 bits per heavy atom. The van der Waals surface area contributed by atoms with Crippen LogP contribution < -0.4 is 5.32 Å². The molecule has 1 amide bonds. The highest BCUT2D eigenvalue weighted by Gasteiger charge is 2.09. The number of amides is 1. The summed E-state index contributed by atoms with van der Waals surface area (Å²) in [6, 6.07) is 9.37. The molecule has 18 heavy (non-hydrogen) atoms. The molecule has 0 spiro atoms. The van der Waals surface area contributed by atoms with Crippen LogP contribution in [0.2, 0.25) is 5.02 Å². The molecule has 2 rings (SSSR count). The number of hydrogen-bond acceptors (Lipinski definition) is 4. The van der Waals surface area contributed by atoms with Gasteiger partial charge in [-0.05, 0) is 35.5 Å². The van der Waals surface area contributed by atoms with Crippen molar-refractivity contribution in [2.75, 3.05) is 5.32 Å². The number of nitroso groups, excluding NO2 is 1. The molecule has 5 nitrogen and oxygen atoms in total. The van der Waals surface area contributed by atoms with Crippen LogP contribution in [0.25, 0.3) is 0 Å². The molecular formula is C12H8ClN3O2. The first-order valence-electron chi connectivity index (χ1n) is 5.06. The van der Waals surface area contributed by atoms with Crippen molar-refractivity contribution in [2.24, 2.45) is 5.18 Å². The van der Waals surface area contributed by atoms with E-state index in [0.29, 0.717) is 5.69 Å². The molecule has 0 aliphatic carbocycles. The van der Waals surface area contributed by atoms with Gasteiger partial charge in [0.25, 0.3) is 5.91 Å². The molecule has 90 valence electrons. The summed E-state index contributed by atoms with van der Waals surface area (Å²) in [6.45, 7) is 0. The molecule has 0 aliphatic heterocycles. The van der Waals surface area contributed by atoms with Crippen molar-refractivity contribution < 1.29 is 4.79 Å². The summed E-state index contributed by atoms with van der Waals surface area (Å²) in [5, 5.41) is 5.60. The Morgan fingerprint density at radius 3 is 2.72 bits per heavy atom. The van der Waals surface area contributed by atoms with Crippen LogP contribution in [-0.4, -0.2) is 10.9 Å². The Bertz CT molecular complexity index is 587. The standard InChI is InChI=1S/C12H8ClN3O2/c13-9-7-8(16-18)4-5-10(9)15-12(17)11-3-1-2-6-14-11/h1-7H,(H,15,17). The number of carbonyl (C=O) groups excluding carboxylic acids is 1. The van der Waals surface area contributed by atoms with Gasteiger partial charge in [-0.25, -0.2) is 0 Å². The van der Waals surface area contributed by atoms with Crippen LogP contribution >= 0.6 is 11.6 Å². The summed E-state index contributed by atoms with van der Waals surface area (Å²) in [5.74, 6) is -0.371. The normalized spacial score (nSPS) is 9.83. The molecule has 0 saturated heterocycles. The van der Waals surface area contributed by atoms with Crippen LogP contribution in [0.15, 0.2) is 47.8 Å². The van der Waals surface area contributed by atoms with Gasteiger partial charge in [-0.2, -0.15) is 0 Å². The van der Waals surface area contributed by atoms with E-state index in [4.69, 9.17) is 11.6 Å². The first-order chi connectivity index (χ1) is 8.70. The van der Waals surface area contributed by atoms with E-state index in [1.807, 2.05) is 0 Å². The van der Waals surface area contributed by atoms with Gasteiger partial charge >= 0.3 is 0 Å². The largest absolute Gasteiger partial charge is 0.319 e. The van der Waals surface area contributed by atoms with Crippen molar-refractivity contribution in [3.63, 3.8) is 0 Å². The van der Waals surface area contributed by atoms with Gasteiger partial charge in [-0.1, -0.05) is 17.7 Å². The van der Waals surface area contributed by atoms with Crippen LogP contribution in [-0.2, 0) is 0 Å². The number of aromatic nitrogens is 1. The minimum absolute atomic E-state index is 0.204. The first-order valence-corrected chi connectivity index (χ1v) is 5.44. The highest BCUT2D eigenvalue weighted by molar-refractivity contribution is 6.34. The second-order valence-electron chi connectivity index (χ2n) is 3.42. The lowest BCUT2D eigenvalue weighted by Gasteiger charge is -2.06. The molecule has 0 saturated carbocycles. The Morgan fingerprint density at radius 1 is 1.28 bits per heavy atom. The number of carbonyl (C=O) groups is 1. The summed E-state index contributed by atoms with van der Waals surface area (Å²) in [5.41, 5.74) is 0.890. The zero-order chi connectivity index (χ0) is 13.0. The van der Waals surface area contributed by atoms with E-state index in [9.17, 15) is 9.70 Å². The maximum absolute atomic E-state index is 11.8. The third-order valence-corrected chi connectivity index (χ3v) is 2.52. The van der Waals surface area contributed by atoms with E-state index in [2.05, 4.69) is 15.5 Å². The second kappa shape index (κ2) is 5.37. The monoisotopic (exact) mass is 261 g/mol. The number of halogens is 1. The second-order valence-corrected chi connectivity index (χ2v) is 3.83. The SMILES string of the molecule is O=Nc1ccc(NC(=O)c2ccccn2)c(Cl)c1. The van der Waals surface area contributed by atoms with Crippen molar-refractivity contribution in [3.05, 3.63) is 58.2 Å². The van der Waals surface area contributed by atoms with Crippen molar-refractivity contribution >= 4 is 28.9 Å². The highest BCUT2D eigenvalue weighted by Crippen LogP contribution is 2.27. The average Bonchev–Trinajstić information content (AvgIpc) is 2.42. The molecule has 1 N–H and O–H groups in total. The van der Waals surface area contributed by atoms with E-state index in [1.165, 1.54) is 24.4 Å². The summed E-state index contributed by atoms with van der Waals surface area (Å²) >= 11 is 5.91. The van der Waals surface area contributed by atoms with Gasteiger partial charge in [0.2, 0.25) is 0 Å². The highest BCUT2D eigenvalue weighted by atomic mass is 35.5. The minimum Gasteiger partial charge on any atom is -0.319 e. The van der Waals surface area contributed by atoms with Gasteiger partial charge in [-0.15, -0.1) is 4.91 Å². The van der Waals surface area contributed by atoms with Crippen LogP contribution in [0, 0.1) is 4.91 Å². The number of rotatable bonds is 3.